The highest BCUT2D eigenvalue weighted by Gasteiger charge is 2.40. The molecule has 2 aromatic rings. The van der Waals surface area contributed by atoms with Crippen LogP contribution in [0.5, 0.6) is 5.75 Å². The maximum Gasteiger partial charge on any atom is 0.310 e. The van der Waals surface area contributed by atoms with Gasteiger partial charge in [-0.2, -0.15) is 0 Å². The van der Waals surface area contributed by atoms with Crippen molar-refractivity contribution < 1.29 is 19.4 Å². The second-order valence-corrected chi connectivity index (χ2v) is 5.58. The van der Waals surface area contributed by atoms with Crippen molar-refractivity contribution in [2.45, 2.75) is 19.8 Å². The van der Waals surface area contributed by atoms with Crippen molar-refractivity contribution in [3.05, 3.63) is 65.5 Å². The van der Waals surface area contributed by atoms with E-state index < -0.39 is 23.1 Å². The van der Waals surface area contributed by atoms with Crippen molar-refractivity contribution in [2.24, 2.45) is 5.41 Å². The molecule has 0 aliphatic rings. The van der Waals surface area contributed by atoms with Crippen molar-refractivity contribution in [2.75, 3.05) is 0 Å². The van der Waals surface area contributed by atoms with Gasteiger partial charge in [-0.15, -0.1) is 0 Å². The topological polar surface area (TPSA) is 57.5 Å². The van der Waals surface area contributed by atoms with Crippen LogP contribution in [0.25, 0.3) is 0 Å². The Morgan fingerprint density at radius 3 is 2.29 bits per heavy atom. The average Bonchev–Trinajstić information content (AvgIpc) is 2.42. The summed E-state index contributed by atoms with van der Waals surface area (Å²) in [6.07, 6.45) is 0. The summed E-state index contributed by atoms with van der Waals surface area (Å²) in [7, 11) is 0. The number of aromatic hydroxyl groups is 1. The zero-order valence-electron chi connectivity index (χ0n) is 11.9. The zero-order valence-corrected chi connectivity index (χ0v) is 11.9. The van der Waals surface area contributed by atoms with Crippen LogP contribution in [-0.4, -0.2) is 16.2 Å². The highest BCUT2D eigenvalue weighted by Crippen LogP contribution is 2.42. The quantitative estimate of drug-likeness (QED) is 0.900. The fourth-order valence-corrected chi connectivity index (χ4v) is 2.50. The smallest absolute Gasteiger partial charge is 0.310 e. The number of carboxylic acids is 1. The molecule has 0 heterocycles. The molecule has 0 saturated heterocycles. The number of carbonyl (C=O) groups is 1. The standard InChI is InChI=1S/C17H17FO3/c1-17(2,16(20)21)15(11-6-4-3-5-7-11)13-9-8-12(19)10-14(13)18/h3-10,15,19H,1-2H3,(H,20,21). The third kappa shape index (κ3) is 2.89. The lowest BCUT2D eigenvalue weighted by Gasteiger charge is -2.31. The van der Waals surface area contributed by atoms with Crippen LogP contribution in [0.4, 0.5) is 4.39 Å². The average molecular weight is 288 g/mol. The van der Waals surface area contributed by atoms with Gasteiger partial charge in [-0.1, -0.05) is 36.4 Å². The second-order valence-electron chi connectivity index (χ2n) is 5.58. The molecule has 2 aromatic carbocycles. The summed E-state index contributed by atoms with van der Waals surface area (Å²) in [4.78, 5) is 11.6. The van der Waals surface area contributed by atoms with Gasteiger partial charge in [-0.05, 0) is 31.0 Å². The van der Waals surface area contributed by atoms with Gasteiger partial charge in [0.05, 0.1) is 5.41 Å². The minimum Gasteiger partial charge on any atom is -0.508 e. The Balaban J connectivity index is 2.64. The van der Waals surface area contributed by atoms with Gasteiger partial charge in [-0.25, -0.2) is 4.39 Å². The van der Waals surface area contributed by atoms with Gasteiger partial charge in [0, 0.05) is 12.0 Å². The lowest BCUT2D eigenvalue weighted by atomic mass is 9.71. The molecule has 4 heteroatoms. The Labute approximate surface area is 122 Å². The monoisotopic (exact) mass is 288 g/mol. The largest absolute Gasteiger partial charge is 0.508 e. The molecule has 0 aromatic heterocycles. The molecular formula is C17H17FO3. The first-order valence-corrected chi connectivity index (χ1v) is 6.61. The van der Waals surface area contributed by atoms with Gasteiger partial charge in [0.2, 0.25) is 0 Å². The molecule has 21 heavy (non-hydrogen) atoms. The van der Waals surface area contributed by atoms with Crippen LogP contribution in [-0.2, 0) is 4.79 Å². The predicted octanol–water partition coefficient (Wildman–Crippen LogP) is 3.77. The van der Waals surface area contributed by atoms with Gasteiger partial charge < -0.3 is 10.2 Å². The number of hydrogen-bond acceptors (Lipinski definition) is 2. The summed E-state index contributed by atoms with van der Waals surface area (Å²) in [5.41, 5.74) is -0.222. The Morgan fingerprint density at radius 1 is 1.14 bits per heavy atom. The highest BCUT2D eigenvalue weighted by molar-refractivity contribution is 5.76. The number of carboxylic acid groups (broad SMARTS) is 1. The molecule has 0 fully saturated rings. The van der Waals surface area contributed by atoms with Crippen LogP contribution in [0.3, 0.4) is 0 Å². The number of rotatable bonds is 4. The van der Waals surface area contributed by atoms with E-state index in [1.807, 2.05) is 6.07 Å². The van der Waals surface area contributed by atoms with Crippen molar-refractivity contribution in [1.82, 2.24) is 0 Å². The first-order chi connectivity index (χ1) is 9.84. The maximum absolute atomic E-state index is 14.2. The lowest BCUT2D eigenvalue weighted by molar-refractivity contribution is -0.147. The van der Waals surface area contributed by atoms with Crippen molar-refractivity contribution in [3.8, 4) is 5.75 Å². The third-order valence-electron chi connectivity index (χ3n) is 3.70. The number of halogens is 1. The Hall–Kier alpha value is -2.36. The number of phenols is 1. The molecule has 3 nitrogen and oxygen atoms in total. The van der Waals surface area contributed by atoms with Crippen LogP contribution in [0.15, 0.2) is 48.5 Å². The fraction of sp³-hybridized carbons (Fsp3) is 0.235. The maximum atomic E-state index is 14.2. The highest BCUT2D eigenvalue weighted by atomic mass is 19.1. The van der Waals surface area contributed by atoms with Crippen molar-refractivity contribution >= 4 is 5.97 Å². The van der Waals surface area contributed by atoms with Gasteiger partial charge in [0.1, 0.15) is 11.6 Å². The molecule has 0 saturated carbocycles. The van der Waals surface area contributed by atoms with Gasteiger partial charge in [0.25, 0.3) is 0 Å². The molecule has 0 aliphatic carbocycles. The number of hydrogen-bond donors (Lipinski definition) is 2. The molecule has 2 rings (SSSR count). The Bertz CT molecular complexity index is 650. The normalized spacial score (nSPS) is 12.9. The first kappa shape index (κ1) is 15.0. The lowest BCUT2D eigenvalue weighted by Crippen LogP contribution is -2.32. The molecule has 0 amide bonds. The molecule has 1 unspecified atom stereocenters. The predicted molar refractivity (Wildman–Crippen MR) is 77.8 cm³/mol. The van der Waals surface area contributed by atoms with Crippen LogP contribution in [0.2, 0.25) is 0 Å². The summed E-state index contributed by atoms with van der Waals surface area (Å²) >= 11 is 0. The van der Waals surface area contributed by atoms with E-state index in [0.717, 1.165) is 11.6 Å². The number of benzene rings is 2. The summed E-state index contributed by atoms with van der Waals surface area (Å²) in [5.74, 6) is -2.46. The van der Waals surface area contributed by atoms with Crippen LogP contribution < -0.4 is 0 Å². The Morgan fingerprint density at radius 2 is 1.76 bits per heavy atom. The fourth-order valence-electron chi connectivity index (χ4n) is 2.50. The first-order valence-electron chi connectivity index (χ1n) is 6.61. The van der Waals surface area contributed by atoms with E-state index in [9.17, 15) is 19.4 Å². The van der Waals surface area contributed by atoms with Gasteiger partial charge in [0.15, 0.2) is 0 Å². The summed E-state index contributed by atoms with van der Waals surface area (Å²) in [6.45, 7) is 3.14. The van der Waals surface area contributed by atoms with Gasteiger partial charge >= 0.3 is 5.97 Å². The minimum atomic E-state index is -1.20. The van der Waals surface area contributed by atoms with Crippen LogP contribution >= 0.6 is 0 Å². The van der Waals surface area contributed by atoms with E-state index in [1.165, 1.54) is 12.1 Å². The van der Waals surface area contributed by atoms with Crippen molar-refractivity contribution in [1.29, 1.82) is 0 Å². The molecule has 0 spiro atoms. The molecule has 1 atom stereocenters. The molecule has 0 radical (unpaired) electrons. The zero-order chi connectivity index (χ0) is 15.6. The van der Waals surface area contributed by atoms with Gasteiger partial charge in [-0.3, -0.25) is 4.79 Å². The minimum absolute atomic E-state index is 0.184. The number of aliphatic carboxylic acids is 1. The molecule has 2 N–H and O–H groups in total. The number of phenolic OH excluding ortho intramolecular Hbond substituents is 1. The van der Waals surface area contributed by atoms with E-state index in [1.54, 1.807) is 38.1 Å². The molecule has 110 valence electrons. The van der Waals surface area contributed by atoms with Crippen LogP contribution in [0.1, 0.15) is 30.9 Å². The summed E-state index contributed by atoms with van der Waals surface area (Å²) in [5, 5.41) is 18.9. The van der Waals surface area contributed by atoms with E-state index in [-0.39, 0.29) is 11.3 Å². The van der Waals surface area contributed by atoms with E-state index >= 15 is 0 Å². The van der Waals surface area contributed by atoms with E-state index in [4.69, 9.17) is 0 Å². The third-order valence-corrected chi connectivity index (χ3v) is 3.70. The van der Waals surface area contributed by atoms with E-state index in [0.29, 0.717) is 0 Å². The molecule has 0 aliphatic heterocycles. The molecular weight excluding hydrogens is 271 g/mol. The SMILES string of the molecule is CC(C)(C(=O)O)C(c1ccccc1)c1ccc(O)cc1F. The second kappa shape index (κ2) is 5.56. The van der Waals surface area contributed by atoms with Crippen LogP contribution in [0, 0.1) is 11.2 Å². The van der Waals surface area contributed by atoms with E-state index in [2.05, 4.69) is 0 Å². The molecule has 0 bridgehead atoms. The Kier molecular flexibility index (Phi) is 3.98. The summed E-state index contributed by atoms with van der Waals surface area (Å²) < 4.78 is 14.2. The van der Waals surface area contributed by atoms with Crippen molar-refractivity contribution in [3.63, 3.8) is 0 Å². The summed E-state index contributed by atoms with van der Waals surface area (Å²) in [6, 6.07) is 12.8.